The Labute approximate surface area is 166 Å². The number of aromatic nitrogens is 2. The number of fused-ring (bicyclic) bond motifs is 1. The molecule has 28 heavy (non-hydrogen) atoms. The van der Waals surface area contributed by atoms with Crippen LogP contribution in [0.1, 0.15) is 36.1 Å². The molecule has 0 amide bonds. The van der Waals surface area contributed by atoms with Crippen molar-refractivity contribution in [2.24, 2.45) is 0 Å². The number of hydrogen-bond donors (Lipinski definition) is 0. The maximum atomic E-state index is 13.1. The van der Waals surface area contributed by atoms with Gasteiger partial charge in [0.05, 0.1) is 5.69 Å². The van der Waals surface area contributed by atoms with E-state index in [-0.39, 0.29) is 5.82 Å². The van der Waals surface area contributed by atoms with Crippen LogP contribution in [0.2, 0.25) is 0 Å². The summed E-state index contributed by atoms with van der Waals surface area (Å²) in [6.45, 7) is 7.11. The highest BCUT2D eigenvalue weighted by Gasteiger charge is 2.30. The summed E-state index contributed by atoms with van der Waals surface area (Å²) in [6.07, 6.45) is 6.88. The van der Waals surface area contributed by atoms with Gasteiger partial charge in [-0.25, -0.2) is 14.4 Å². The van der Waals surface area contributed by atoms with Crippen molar-refractivity contribution in [3.63, 3.8) is 0 Å². The van der Waals surface area contributed by atoms with Crippen LogP contribution in [-0.4, -0.2) is 58.5 Å². The first-order chi connectivity index (χ1) is 13.8. The number of anilines is 1. The molecule has 0 N–H and O–H groups in total. The average Bonchev–Trinajstić information content (AvgIpc) is 2.68. The van der Waals surface area contributed by atoms with E-state index in [0.29, 0.717) is 0 Å². The molecule has 1 aromatic heterocycles. The first-order valence-corrected chi connectivity index (χ1v) is 10.5. The van der Waals surface area contributed by atoms with Crippen molar-refractivity contribution in [3.8, 4) is 0 Å². The molecule has 3 aliphatic rings. The first-order valence-electron chi connectivity index (χ1n) is 10.5. The lowest BCUT2D eigenvalue weighted by Crippen LogP contribution is -2.52. The van der Waals surface area contributed by atoms with Crippen LogP contribution in [0.25, 0.3) is 0 Å². The topological polar surface area (TPSA) is 35.5 Å². The Morgan fingerprint density at radius 1 is 0.964 bits per heavy atom. The standard InChI is InChI=1S/C22H28FN5/c23-18-6-4-17(5-7-18)14-26-9-8-20-21(15-26)24-16-25-22(20)28-12-10-27(11-13-28)19-2-1-3-19/h4-7,16,19H,1-3,8-15H2. The summed E-state index contributed by atoms with van der Waals surface area (Å²) in [7, 11) is 0. The molecule has 0 radical (unpaired) electrons. The number of nitrogens with zero attached hydrogens (tertiary/aromatic N) is 5. The second-order valence-electron chi connectivity index (χ2n) is 8.32. The van der Waals surface area contributed by atoms with Crippen LogP contribution in [0.15, 0.2) is 30.6 Å². The van der Waals surface area contributed by atoms with Gasteiger partial charge in [0, 0.05) is 57.4 Å². The van der Waals surface area contributed by atoms with Crippen molar-refractivity contribution >= 4 is 5.82 Å². The third kappa shape index (κ3) is 3.63. The van der Waals surface area contributed by atoms with Crippen LogP contribution in [0, 0.1) is 5.82 Å². The van der Waals surface area contributed by atoms with E-state index in [1.165, 1.54) is 37.0 Å². The molecular weight excluding hydrogens is 353 g/mol. The first kappa shape index (κ1) is 18.0. The Morgan fingerprint density at radius 3 is 2.46 bits per heavy atom. The number of hydrogen-bond acceptors (Lipinski definition) is 5. The molecule has 2 fully saturated rings. The highest BCUT2D eigenvalue weighted by molar-refractivity contribution is 5.50. The molecule has 1 aromatic carbocycles. The van der Waals surface area contributed by atoms with Gasteiger partial charge in [-0.1, -0.05) is 18.6 Å². The van der Waals surface area contributed by atoms with Crippen LogP contribution in [-0.2, 0) is 19.5 Å². The van der Waals surface area contributed by atoms with Gasteiger partial charge in [0.1, 0.15) is 18.0 Å². The molecule has 5 nitrogen and oxygen atoms in total. The Kier molecular flexibility index (Phi) is 4.99. The summed E-state index contributed by atoms with van der Waals surface area (Å²) < 4.78 is 13.1. The molecule has 0 unspecified atom stereocenters. The van der Waals surface area contributed by atoms with E-state index in [9.17, 15) is 4.39 Å². The zero-order valence-corrected chi connectivity index (χ0v) is 16.4. The number of piperazine rings is 1. The van der Waals surface area contributed by atoms with Crippen molar-refractivity contribution in [2.45, 2.75) is 44.8 Å². The summed E-state index contributed by atoms with van der Waals surface area (Å²) in [5, 5.41) is 0. The fraction of sp³-hybridized carbons (Fsp3) is 0.545. The highest BCUT2D eigenvalue weighted by atomic mass is 19.1. The van der Waals surface area contributed by atoms with E-state index in [2.05, 4.69) is 24.7 Å². The lowest BCUT2D eigenvalue weighted by atomic mass is 9.91. The Bertz CT molecular complexity index is 812. The Balaban J connectivity index is 1.25. The minimum Gasteiger partial charge on any atom is -0.354 e. The van der Waals surface area contributed by atoms with Crippen molar-refractivity contribution in [1.82, 2.24) is 19.8 Å². The SMILES string of the molecule is Fc1ccc(CN2CCc3c(ncnc3N3CCN(C4CCC4)CC3)C2)cc1. The van der Waals surface area contributed by atoms with Gasteiger partial charge in [0.25, 0.3) is 0 Å². The van der Waals surface area contributed by atoms with Crippen LogP contribution in [0.5, 0.6) is 0 Å². The lowest BCUT2D eigenvalue weighted by Gasteiger charge is -2.43. The molecule has 2 aliphatic heterocycles. The zero-order valence-electron chi connectivity index (χ0n) is 16.4. The molecule has 6 heteroatoms. The molecule has 0 bridgehead atoms. The van der Waals surface area contributed by atoms with E-state index < -0.39 is 0 Å². The molecule has 1 saturated carbocycles. The van der Waals surface area contributed by atoms with Gasteiger partial charge in [0.2, 0.25) is 0 Å². The molecule has 0 atom stereocenters. The minimum absolute atomic E-state index is 0.178. The van der Waals surface area contributed by atoms with Gasteiger partial charge in [-0.15, -0.1) is 0 Å². The van der Waals surface area contributed by atoms with Crippen LogP contribution in [0.3, 0.4) is 0 Å². The molecule has 1 aliphatic carbocycles. The maximum Gasteiger partial charge on any atom is 0.135 e. The third-order valence-corrected chi connectivity index (χ3v) is 6.59. The van der Waals surface area contributed by atoms with Gasteiger partial charge in [-0.05, 0) is 37.0 Å². The largest absolute Gasteiger partial charge is 0.354 e. The molecule has 3 heterocycles. The molecule has 2 aromatic rings. The van der Waals surface area contributed by atoms with Gasteiger partial charge in [-0.3, -0.25) is 9.80 Å². The smallest absolute Gasteiger partial charge is 0.135 e. The fourth-order valence-electron chi connectivity index (χ4n) is 4.70. The maximum absolute atomic E-state index is 13.1. The van der Waals surface area contributed by atoms with E-state index >= 15 is 0 Å². The predicted molar refractivity (Wildman–Crippen MR) is 108 cm³/mol. The molecular formula is C22H28FN5. The van der Waals surface area contributed by atoms with E-state index in [1.807, 2.05) is 12.1 Å². The summed E-state index contributed by atoms with van der Waals surface area (Å²) in [4.78, 5) is 16.8. The predicted octanol–water partition coefficient (Wildman–Crippen LogP) is 2.85. The van der Waals surface area contributed by atoms with Crippen LogP contribution in [0.4, 0.5) is 10.2 Å². The second kappa shape index (κ2) is 7.76. The zero-order chi connectivity index (χ0) is 18.9. The normalized spacial score (nSPS) is 21.4. The van der Waals surface area contributed by atoms with Crippen LogP contribution < -0.4 is 4.90 Å². The number of benzene rings is 1. The van der Waals surface area contributed by atoms with Crippen molar-refractivity contribution in [1.29, 1.82) is 0 Å². The third-order valence-electron chi connectivity index (χ3n) is 6.59. The minimum atomic E-state index is -0.178. The van der Waals surface area contributed by atoms with Crippen molar-refractivity contribution < 1.29 is 4.39 Å². The fourth-order valence-corrected chi connectivity index (χ4v) is 4.70. The summed E-state index contributed by atoms with van der Waals surface area (Å²) >= 11 is 0. The highest BCUT2D eigenvalue weighted by Crippen LogP contribution is 2.29. The second-order valence-corrected chi connectivity index (χ2v) is 8.32. The van der Waals surface area contributed by atoms with Crippen molar-refractivity contribution in [3.05, 3.63) is 53.2 Å². The number of halogens is 1. The summed E-state index contributed by atoms with van der Waals surface area (Å²) in [6, 6.07) is 7.66. The molecule has 5 rings (SSSR count). The Hall–Kier alpha value is -2.05. The molecule has 148 valence electrons. The van der Waals surface area contributed by atoms with E-state index in [0.717, 1.165) is 75.4 Å². The average molecular weight is 381 g/mol. The van der Waals surface area contributed by atoms with Gasteiger partial charge in [-0.2, -0.15) is 0 Å². The van der Waals surface area contributed by atoms with E-state index in [1.54, 1.807) is 6.33 Å². The quantitative estimate of drug-likeness (QED) is 0.814. The van der Waals surface area contributed by atoms with Gasteiger partial charge >= 0.3 is 0 Å². The van der Waals surface area contributed by atoms with E-state index in [4.69, 9.17) is 0 Å². The van der Waals surface area contributed by atoms with Crippen molar-refractivity contribution in [2.75, 3.05) is 37.6 Å². The summed E-state index contributed by atoms with van der Waals surface area (Å²) in [5.41, 5.74) is 3.63. The number of rotatable bonds is 4. The summed E-state index contributed by atoms with van der Waals surface area (Å²) in [5.74, 6) is 0.974. The molecule has 1 saturated heterocycles. The monoisotopic (exact) mass is 381 g/mol. The van der Waals surface area contributed by atoms with Gasteiger partial charge < -0.3 is 4.90 Å². The lowest BCUT2D eigenvalue weighted by molar-refractivity contribution is 0.120. The Morgan fingerprint density at radius 2 is 1.75 bits per heavy atom. The van der Waals surface area contributed by atoms with Crippen LogP contribution >= 0.6 is 0 Å². The van der Waals surface area contributed by atoms with Gasteiger partial charge in [0.15, 0.2) is 0 Å². The molecule has 0 spiro atoms.